The Balaban J connectivity index is 1.98. The molecule has 0 heterocycles. The normalized spacial score (nSPS) is 10.2. The first-order chi connectivity index (χ1) is 11.9. The number of amides is 2. The van der Waals surface area contributed by atoms with Crippen molar-refractivity contribution in [1.29, 1.82) is 0 Å². The van der Waals surface area contributed by atoms with Gasteiger partial charge in [0.2, 0.25) is 11.8 Å². The van der Waals surface area contributed by atoms with Crippen molar-refractivity contribution in [3.05, 3.63) is 53.6 Å². The van der Waals surface area contributed by atoms with Crippen LogP contribution in [0.5, 0.6) is 5.75 Å². The van der Waals surface area contributed by atoms with Gasteiger partial charge in [0.05, 0.1) is 12.8 Å². The summed E-state index contributed by atoms with van der Waals surface area (Å²) in [6.07, 6.45) is 0.343. The quantitative estimate of drug-likeness (QED) is 0.840. The van der Waals surface area contributed by atoms with E-state index in [4.69, 9.17) is 4.74 Å². The highest BCUT2D eigenvalue weighted by Crippen LogP contribution is 2.21. The Morgan fingerprint density at radius 3 is 2.44 bits per heavy atom. The van der Waals surface area contributed by atoms with E-state index in [0.717, 1.165) is 6.07 Å². The second kappa shape index (κ2) is 8.23. The molecule has 25 heavy (non-hydrogen) atoms. The highest BCUT2D eigenvalue weighted by molar-refractivity contribution is 5.93. The van der Waals surface area contributed by atoms with E-state index in [9.17, 15) is 18.4 Å². The van der Waals surface area contributed by atoms with E-state index in [-0.39, 0.29) is 23.8 Å². The maximum Gasteiger partial charge on any atom is 0.224 e. The van der Waals surface area contributed by atoms with Crippen LogP contribution in [0.4, 0.5) is 20.2 Å². The van der Waals surface area contributed by atoms with E-state index < -0.39 is 17.5 Å². The highest BCUT2D eigenvalue weighted by Gasteiger charge is 2.10. The predicted molar refractivity (Wildman–Crippen MR) is 90.6 cm³/mol. The summed E-state index contributed by atoms with van der Waals surface area (Å²) < 4.78 is 32.2. The molecule has 2 rings (SSSR count). The van der Waals surface area contributed by atoms with Crippen molar-refractivity contribution >= 4 is 23.2 Å². The van der Waals surface area contributed by atoms with Crippen LogP contribution >= 0.6 is 0 Å². The van der Waals surface area contributed by atoms with E-state index in [1.54, 1.807) is 6.07 Å². The number of ether oxygens (including phenoxy) is 1. The molecule has 2 aromatic rings. The van der Waals surface area contributed by atoms with Gasteiger partial charge in [-0.1, -0.05) is 6.07 Å². The fourth-order valence-corrected chi connectivity index (χ4v) is 2.24. The summed E-state index contributed by atoms with van der Waals surface area (Å²) in [5, 5.41) is 4.96. The number of rotatable bonds is 6. The zero-order valence-electron chi connectivity index (χ0n) is 13.9. The summed E-state index contributed by atoms with van der Waals surface area (Å²) in [6, 6.07) is 8.32. The molecule has 0 aliphatic heterocycles. The van der Waals surface area contributed by atoms with Crippen molar-refractivity contribution in [2.45, 2.75) is 19.8 Å². The molecule has 2 aromatic carbocycles. The monoisotopic (exact) mass is 348 g/mol. The Hall–Kier alpha value is -2.96. The number of carbonyl (C=O) groups excluding carboxylic acids is 2. The largest absolute Gasteiger partial charge is 0.494 e. The molecule has 0 fully saturated rings. The number of hydrogen-bond donors (Lipinski definition) is 2. The lowest BCUT2D eigenvalue weighted by atomic mass is 10.1. The van der Waals surface area contributed by atoms with Gasteiger partial charge in [-0.3, -0.25) is 9.59 Å². The molecule has 0 saturated heterocycles. The molecule has 0 aliphatic rings. The van der Waals surface area contributed by atoms with Crippen LogP contribution < -0.4 is 15.4 Å². The van der Waals surface area contributed by atoms with Gasteiger partial charge in [0.25, 0.3) is 0 Å². The zero-order chi connectivity index (χ0) is 18.4. The van der Waals surface area contributed by atoms with Gasteiger partial charge < -0.3 is 15.4 Å². The van der Waals surface area contributed by atoms with Crippen LogP contribution in [0.25, 0.3) is 0 Å². The number of hydrogen-bond acceptors (Lipinski definition) is 3. The number of nitrogens with one attached hydrogen (secondary N) is 2. The van der Waals surface area contributed by atoms with E-state index in [0.29, 0.717) is 17.7 Å². The third-order valence-electron chi connectivity index (χ3n) is 3.42. The maximum atomic E-state index is 13.8. The van der Waals surface area contributed by atoms with Gasteiger partial charge in [-0.05, 0) is 42.3 Å². The van der Waals surface area contributed by atoms with Gasteiger partial charge in [-0.15, -0.1) is 0 Å². The molecule has 132 valence electrons. The molecule has 0 spiro atoms. The van der Waals surface area contributed by atoms with Crippen molar-refractivity contribution < 1.29 is 23.1 Å². The molecule has 0 saturated carbocycles. The summed E-state index contributed by atoms with van der Waals surface area (Å²) in [6.45, 7) is 1.33. The van der Waals surface area contributed by atoms with Crippen LogP contribution in [-0.4, -0.2) is 18.9 Å². The summed E-state index contributed by atoms with van der Waals surface area (Å²) in [7, 11) is 1.37. The van der Waals surface area contributed by atoms with Gasteiger partial charge in [0, 0.05) is 19.0 Å². The van der Waals surface area contributed by atoms with Gasteiger partial charge >= 0.3 is 0 Å². The predicted octanol–water partition coefficient (Wildman–Crippen LogP) is 3.50. The molecule has 2 amide bonds. The summed E-state index contributed by atoms with van der Waals surface area (Å²) >= 11 is 0. The summed E-state index contributed by atoms with van der Waals surface area (Å²) in [4.78, 5) is 23.0. The van der Waals surface area contributed by atoms with E-state index in [2.05, 4.69) is 10.6 Å². The molecule has 0 radical (unpaired) electrons. The first kappa shape index (κ1) is 18.4. The number of carbonyl (C=O) groups is 2. The summed E-state index contributed by atoms with van der Waals surface area (Å²) in [5.74, 6) is -1.71. The van der Waals surface area contributed by atoms with E-state index >= 15 is 0 Å². The average molecular weight is 348 g/mol. The third-order valence-corrected chi connectivity index (χ3v) is 3.42. The Morgan fingerprint density at radius 1 is 1.04 bits per heavy atom. The highest BCUT2D eigenvalue weighted by atomic mass is 19.1. The number of benzene rings is 2. The molecule has 5 nitrogen and oxygen atoms in total. The van der Waals surface area contributed by atoms with Crippen LogP contribution in [0.3, 0.4) is 0 Å². The van der Waals surface area contributed by atoms with Gasteiger partial charge in [-0.25, -0.2) is 8.78 Å². The first-order valence-electron chi connectivity index (χ1n) is 7.58. The lowest BCUT2D eigenvalue weighted by molar-refractivity contribution is -0.116. The number of halogens is 2. The maximum absolute atomic E-state index is 13.8. The molecule has 7 heteroatoms. The van der Waals surface area contributed by atoms with Crippen molar-refractivity contribution in [1.82, 2.24) is 0 Å². The molecular weight excluding hydrogens is 330 g/mol. The summed E-state index contributed by atoms with van der Waals surface area (Å²) in [5.41, 5.74) is 0.972. The minimum Gasteiger partial charge on any atom is -0.494 e. The lowest BCUT2D eigenvalue weighted by Crippen LogP contribution is -2.14. The van der Waals surface area contributed by atoms with Crippen LogP contribution in [0.2, 0.25) is 0 Å². The molecule has 2 N–H and O–H groups in total. The minimum atomic E-state index is -0.613. The Morgan fingerprint density at radius 2 is 1.80 bits per heavy atom. The molecular formula is C18H18F2N2O3. The second-order valence-electron chi connectivity index (χ2n) is 5.39. The fourth-order valence-electron chi connectivity index (χ4n) is 2.24. The van der Waals surface area contributed by atoms with Crippen LogP contribution in [0, 0.1) is 11.6 Å². The van der Waals surface area contributed by atoms with Crippen LogP contribution in [0.15, 0.2) is 36.4 Å². The third kappa shape index (κ3) is 5.27. The van der Waals surface area contributed by atoms with Crippen molar-refractivity contribution in [2.24, 2.45) is 0 Å². The zero-order valence-corrected chi connectivity index (χ0v) is 13.9. The van der Waals surface area contributed by atoms with Gasteiger partial charge in [-0.2, -0.15) is 0 Å². The first-order valence-corrected chi connectivity index (χ1v) is 7.58. The SMILES string of the molecule is COc1ccc(CCC(=O)Nc2cc(NC(C)=O)ccc2F)cc1F. The average Bonchev–Trinajstić information content (AvgIpc) is 2.55. The van der Waals surface area contributed by atoms with E-state index in [1.807, 2.05) is 0 Å². The second-order valence-corrected chi connectivity index (χ2v) is 5.39. The Labute approximate surface area is 144 Å². The van der Waals surface area contributed by atoms with E-state index in [1.165, 1.54) is 38.3 Å². The lowest BCUT2D eigenvalue weighted by Gasteiger charge is -2.09. The fraction of sp³-hybridized carbons (Fsp3) is 0.222. The molecule has 0 aromatic heterocycles. The van der Waals surface area contributed by atoms with Crippen molar-refractivity contribution in [2.75, 3.05) is 17.7 Å². The molecule has 0 aliphatic carbocycles. The van der Waals surface area contributed by atoms with Crippen molar-refractivity contribution in [3.8, 4) is 5.75 Å². The van der Waals surface area contributed by atoms with Gasteiger partial charge in [0.15, 0.2) is 11.6 Å². The van der Waals surface area contributed by atoms with Crippen molar-refractivity contribution in [3.63, 3.8) is 0 Å². The number of methoxy groups -OCH3 is 1. The Kier molecular flexibility index (Phi) is 6.05. The Bertz CT molecular complexity index is 794. The molecule has 0 unspecified atom stereocenters. The number of anilines is 2. The van der Waals surface area contributed by atoms with Gasteiger partial charge in [0.1, 0.15) is 5.82 Å². The standard InChI is InChI=1S/C18H18F2N2O3/c1-11(23)21-13-5-6-14(19)16(10-13)22-18(24)8-4-12-3-7-17(25-2)15(20)9-12/h3,5-7,9-10H,4,8H2,1-2H3,(H,21,23)(H,22,24). The smallest absolute Gasteiger partial charge is 0.224 e. The molecule has 0 bridgehead atoms. The van der Waals surface area contributed by atoms with Crippen LogP contribution in [0.1, 0.15) is 18.9 Å². The number of aryl methyl sites for hydroxylation is 1. The minimum absolute atomic E-state index is 0.0304. The van der Waals surface area contributed by atoms with Crippen LogP contribution in [-0.2, 0) is 16.0 Å². The topological polar surface area (TPSA) is 67.4 Å². The molecule has 0 atom stereocenters.